The Morgan fingerprint density at radius 3 is 2.32 bits per heavy atom. The van der Waals surface area contributed by atoms with Gasteiger partial charge >= 0.3 is 6.09 Å². The summed E-state index contributed by atoms with van der Waals surface area (Å²) in [5, 5.41) is 2.87. The number of aryl methyl sites for hydroxylation is 1. The number of carbonyl (C=O) groups excluding carboxylic acids is 1. The molecule has 1 aliphatic heterocycles. The molecule has 96 valence electrons. The maximum Gasteiger partial charge on any atom is 0.408 e. The summed E-state index contributed by atoms with van der Waals surface area (Å²) in [6.45, 7) is 2.04. The van der Waals surface area contributed by atoms with Crippen molar-refractivity contribution in [1.29, 1.82) is 0 Å². The maximum atomic E-state index is 11.5. The van der Waals surface area contributed by atoms with E-state index in [4.69, 9.17) is 4.74 Å². The Balaban J connectivity index is 1.95. The fourth-order valence-corrected chi connectivity index (χ4v) is 2.36. The standard InChI is InChI=1S/C16H15NO2/c1-11-7-9-13(10-8-11)15-14(17-16(18)19-15)12-5-3-2-4-6-12/h2-10,14-15H,1H3,(H,17,18). The minimum atomic E-state index is -0.362. The van der Waals surface area contributed by atoms with Crippen LogP contribution < -0.4 is 5.32 Å². The van der Waals surface area contributed by atoms with Crippen molar-refractivity contribution in [2.45, 2.75) is 19.1 Å². The highest BCUT2D eigenvalue weighted by atomic mass is 16.6. The van der Waals surface area contributed by atoms with Gasteiger partial charge in [0, 0.05) is 0 Å². The number of ether oxygens (including phenoxy) is 1. The molecule has 0 saturated carbocycles. The zero-order valence-electron chi connectivity index (χ0n) is 10.7. The molecule has 1 fully saturated rings. The first kappa shape index (κ1) is 11.8. The van der Waals surface area contributed by atoms with Gasteiger partial charge in [-0.3, -0.25) is 0 Å². The monoisotopic (exact) mass is 253 g/mol. The Bertz CT molecular complexity index is 577. The summed E-state index contributed by atoms with van der Waals surface area (Å²) in [4.78, 5) is 11.5. The van der Waals surface area contributed by atoms with Gasteiger partial charge < -0.3 is 10.1 Å². The van der Waals surface area contributed by atoms with E-state index in [0.29, 0.717) is 0 Å². The second-order valence-electron chi connectivity index (χ2n) is 4.77. The molecule has 0 aliphatic carbocycles. The van der Waals surface area contributed by atoms with Gasteiger partial charge in [-0.15, -0.1) is 0 Å². The van der Waals surface area contributed by atoms with Crippen LogP contribution in [0.4, 0.5) is 4.79 Å². The third-order valence-corrected chi connectivity index (χ3v) is 3.37. The van der Waals surface area contributed by atoms with E-state index in [0.717, 1.165) is 11.1 Å². The van der Waals surface area contributed by atoms with E-state index in [2.05, 4.69) is 5.32 Å². The quantitative estimate of drug-likeness (QED) is 0.889. The number of benzene rings is 2. The van der Waals surface area contributed by atoms with Gasteiger partial charge in [0.2, 0.25) is 0 Å². The largest absolute Gasteiger partial charge is 0.439 e. The summed E-state index contributed by atoms with van der Waals surface area (Å²) in [5.41, 5.74) is 3.26. The van der Waals surface area contributed by atoms with Gasteiger partial charge in [-0.05, 0) is 18.1 Å². The highest BCUT2D eigenvalue weighted by Crippen LogP contribution is 2.36. The maximum absolute atomic E-state index is 11.5. The van der Waals surface area contributed by atoms with Crippen molar-refractivity contribution in [1.82, 2.24) is 5.32 Å². The lowest BCUT2D eigenvalue weighted by molar-refractivity contribution is 0.132. The summed E-state index contributed by atoms with van der Waals surface area (Å²) >= 11 is 0. The Labute approximate surface area is 112 Å². The number of alkyl carbamates (subject to hydrolysis) is 1. The highest BCUT2D eigenvalue weighted by Gasteiger charge is 2.36. The van der Waals surface area contributed by atoms with E-state index >= 15 is 0 Å². The van der Waals surface area contributed by atoms with Gasteiger partial charge in [0.1, 0.15) is 0 Å². The second-order valence-corrected chi connectivity index (χ2v) is 4.77. The molecule has 1 heterocycles. The Morgan fingerprint density at radius 2 is 1.63 bits per heavy atom. The minimum Gasteiger partial charge on any atom is -0.439 e. The fraction of sp³-hybridized carbons (Fsp3) is 0.188. The molecular formula is C16H15NO2. The van der Waals surface area contributed by atoms with Crippen molar-refractivity contribution in [3.05, 3.63) is 71.3 Å². The lowest BCUT2D eigenvalue weighted by atomic mass is 9.96. The zero-order chi connectivity index (χ0) is 13.2. The van der Waals surface area contributed by atoms with Gasteiger partial charge in [-0.1, -0.05) is 60.2 Å². The van der Waals surface area contributed by atoms with Crippen LogP contribution in [0, 0.1) is 6.92 Å². The number of hydrogen-bond donors (Lipinski definition) is 1. The normalized spacial score (nSPS) is 21.8. The summed E-state index contributed by atoms with van der Waals surface area (Å²) in [7, 11) is 0. The van der Waals surface area contributed by atoms with Gasteiger partial charge in [0.15, 0.2) is 6.10 Å². The van der Waals surface area contributed by atoms with Crippen LogP contribution in [0.15, 0.2) is 54.6 Å². The predicted molar refractivity (Wildman–Crippen MR) is 72.7 cm³/mol. The smallest absolute Gasteiger partial charge is 0.408 e. The number of carbonyl (C=O) groups is 1. The Morgan fingerprint density at radius 1 is 0.947 bits per heavy atom. The van der Waals surface area contributed by atoms with Crippen molar-refractivity contribution >= 4 is 6.09 Å². The van der Waals surface area contributed by atoms with Gasteiger partial charge in [0.25, 0.3) is 0 Å². The van der Waals surface area contributed by atoms with E-state index in [-0.39, 0.29) is 18.2 Å². The summed E-state index contributed by atoms with van der Waals surface area (Å²) < 4.78 is 5.40. The van der Waals surface area contributed by atoms with Crippen LogP contribution in [0.5, 0.6) is 0 Å². The number of cyclic esters (lactones) is 1. The SMILES string of the molecule is Cc1ccc(C2OC(=O)NC2c2ccccc2)cc1. The number of hydrogen-bond acceptors (Lipinski definition) is 2. The molecule has 1 amide bonds. The first-order valence-corrected chi connectivity index (χ1v) is 6.33. The molecule has 1 aliphatic rings. The first-order valence-electron chi connectivity index (χ1n) is 6.33. The Kier molecular flexibility index (Phi) is 2.95. The van der Waals surface area contributed by atoms with Gasteiger partial charge in [-0.25, -0.2) is 4.79 Å². The molecule has 3 nitrogen and oxygen atoms in total. The van der Waals surface area contributed by atoms with Crippen molar-refractivity contribution in [2.24, 2.45) is 0 Å². The third kappa shape index (κ3) is 2.32. The van der Waals surface area contributed by atoms with E-state index in [9.17, 15) is 4.79 Å². The van der Waals surface area contributed by atoms with Crippen LogP contribution in [0.2, 0.25) is 0 Å². The van der Waals surface area contributed by atoms with Gasteiger partial charge in [-0.2, -0.15) is 0 Å². The molecule has 1 N–H and O–H groups in total. The molecule has 2 atom stereocenters. The molecule has 0 radical (unpaired) electrons. The van der Waals surface area contributed by atoms with Crippen LogP contribution in [0.3, 0.4) is 0 Å². The molecule has 2 unspecified atom stereocenters. The third-order valence-electron chi connectivity index (χ3n) is 3.37. The highest BCUT2D eigenvalue weighted by molar-refractivity contribution is 5.71. The lowest BCUT2D eigenvalue weighted by Crippen LogP contribution is -2.19. The zero-order valence-corrected chi connectivity index (χ0v) is 10.7. The molecule has 3 heteroatoms. The van der Waals surface area contributed by atoms with Gasteiger partial charge in [0.05, 0.1) is 6.04 Å². The molecule has 3 rings (SSSR count). The van der Waals surface area contributed by atoms with Crippen LogP contribution in [-0.2, 0) is 4.74 Å². The fourth-order valence-electron chi connectivity index (χ4n) is 2.36. The van der Waals surface area contributed by atoms with E-state index < -0.39 is 0 Å². The average Bonchev–Trinajstić information content (AvgIpc) is 2.83. The molecule has 0 spiro atoms. The topological polar surface area (TPSA) is 38.3 Å². The van der Waals surface area contributed by atoms with Crippen LogP contribution >= 0.6 is 0 Å². The van der Waals surface area contributed by atoms with E-state index in [1.54, 1.807) is 0 Å². The summed E-state index contributed by atoms with van der Waals surface area (Å²) in [6, 6.07) is 17.8. The molecule has 1 saturated heterocycles. The van der Waals surface area contributed by atoms with Crippen LogP contribution in [-0.4, -0.2) is 6.09 Å². The number of nitrogens with one attached hydrogen (secondary N) is 1. The number of amides is 1. The number of rotatable bonds is 2. The van der Waals surface area contributed by atoms with Crippen molar-refractivity contribution < 1.29 is 9.53 Å². The Hall–Kier alpha value is -2.29. The van der Waals surface area contributed by atoms with Crippen molar-refractivity contribution in [3.8, 4) is 0 Å². The van der Waals surface area contributed by atoms with E-state index in [1.807, 2.05) is 61.5 Å². The first-order chi connectivity index (χ1) is 9.24. The minimum absolute atomic E-state index is 0.128. The molecule has 19 heavy (non-hydrogen) atoms. The molecule has 2 aromatic rings. The molecule has 2 aromatic carbocycles. The van der Waals surface area contributed by atoms with Crippen LogP contribution in [0.25, 0.3) is 0 Å². The average molecular weight is 253 g/mol. The molecule has 0 bridgehead atoms. The summed E-state index contributed by atoms with van der Waals surface area (Å²) in [6.07, 6.45) is -0.630. The lowest BCUT2D eigenvalue weighted by Gasteiger charge is -2.17. The summed E-state index contributed by atoms with van der Waals surface area (Å²) in [5.74, 6) is 0. The van der Waals surface area contributed by atoms with E-state index in [1.165, 1.54) is 5.56 Å². The van der Waals surface area contributed by atoms with Crippen molar-refractivity contribution in [2.75, 3.05) is 0 Å². The van der Waals surface area contributed by atoms with Crippen LogP contribution in [0.1, 0.15) is 28.8 Å². The van der Waals surface area contributed by atoms with Crippen molar-refractivity contribution in [3.63, 3.8) is 0 Å². The molecule has 0 aromatic heterocycles. The molecular weight excluding hydrogens is 238 g/mol. The second kappa shape index (κ2) is 4.76. The predicted octanol–water partition coefficient (Wildman–Crippen LogP) is 3.52.